The molecule has 1 aliphatic heterocycles. The minimum Gasteiger partial charge on any atom is -0.383 e. The standard InChI is InChI=1S/C12H20N4O3S/c1-10-9-19-7-6-16(10)5-4-15-11-2-3-14-8-12(11)20(13,17)18/h2-3,8,10H,4-7,9H2,1H3,(H,14,15)(H2,13,17,18). The van der Waals surface area contributed by atoms with Crippen LogP contribution in [0.15, 0.2) is 23.4 Å². The largest absolute Gasteiger partial charge is 0.383 e. The molecule has 0 bridgehead atoms. The minimum atomic E-state index is -3.76. The molecule has 0 amide bonds. The first-order chi connectivity index (χ1) is 9.48. The highest BCUT2D eigenvalue weighted by atomic mass is 32.2. The van der Waals surface area contributed by atoms with Crippen molar-refractivity contribution in [1.82, 2.24) is 9.88 Å². The van der Waals surface area contributed by atoms with Crippen molar-refractivity contribution in [2.75, 3.05) is 38.2 Å². The molecule has 20 heavy (non-hydrogen) atoms. The Bertz CT molecular complexity index is 549. The van der Waals surface area contributed by atoms with Crippen molar-refractivity contribution in [3.05, 3.63) is 18.5 Å². The summed E-state index contributed by atoms with van der Waals surface area (Å²) >= 11 is 0. The molecule has 1 atom stereocenters. The van der Waals surface area contributed by atoms with Crippen molar-refractivity contribution in [3.63, 3.8) is 0 Å². The summed E-state index contributed by atoms with van der Waals surface area (Å²) in [6.45, 7) is 5.93. The molecule has 0 spiro atoms. The molecule has 1 fully saturated rings. The highest BCUT2D eigenvalue weighted by Gasteiger charge is 2.18. The molecule has 0 saturated carbocycles. The van der Waals surface area contributed by atoms with Gasteiger partial charge in [-0.05, 0) is 13.0 Å². The van der Waals surface area contributed by atoms with Crippen LogP contribution in [0, 0.1) is 0 Å². The van der Waals surface area contributed by atoms with Crippen LogP contribution in [0.1, 0.15) is 6.92 Å². The van der Waals surface area contributed by atoms with Crippen LogP contribution in [-0.2, 0) is 14.8 Å². The van der Waals surface area contributed by atoms with Crippen LogP contribution < -0.4 is 10.5 Å². The third kappa shape index (κ3) is 3.89. The number of rotatable bonds is 5. The number of anilines is 1. The number of aromatic nitrogens is 1. The molecule has 7 nitrogen and oxygen atoms in total. The molecular weight excluding hydrogens is 280 g/mol. The molecule has 2 heterocycles. The summed E-state index contributed by atoms with van der Waals surface area (Å²) in [6, 6.07) is 1.99. The monoisotopic (exact) mass is 300 g/mol. The second kappa shape index (κ2) is 6.49. The van der Waals surface area contributed by atoms with E-state index in [1.807, 2.05) is 0 Å². The Morgan fingerprint density at radius 3 is 3.10 bits per heavy atom. The second-order valence-electron chi connectivity index (χ2n) is 4.80. The van der Waals surface area contributed by atoms with Gasteiger partial charge in [-0.2, -0.15) is 0 Å². The molecule has 8 heteroatoms. The lowest BCUT2D eigenvalue weighted by Crippen LogP contribution is -2.45. The number of hydrogen-bond acceptors (Lipinski definition) is 6. The summed E-state index contributed by atoms with van der Waals surface area (Å²) < 4.78 is 28.3. The van der Waals surface area contributed by atoms with Gasteiger partial charge in [-0.3, -0.25) is 9.88 Å². The molecule has 1 aliphatic rings. The van der Waals surface area contributed by atoms with Crippen molar-refractivity contribution >= 4 is 15.7 Å². The Labute approximate surface area is 119 Å². The quantitative estimate of drug-likeness (QED) is 0.785. The number of nitrogens with zero attached hydrogens (tertiary/aromatic N) is 2. The Kier molecular flexibility index (Phi) is 4.92. The Morgan fingerprint density at radius 1 is 1.60 bits per heavy atom. The van der Waals surface area contributed by atoms with E-state index in [-0.39, 0.29) is 4.90 Å². The first-order valence-electron chi connectivity index (χ1n) is 6.51. The lowest BCUT2D eigenvalue weighted by atomic mass is 10.2. The van der Waals surface area contributed by atoms with Gasteiger partial charge in [-0.15, -0.1) is 0 Å². The molecule has 0 aromatic carbocycles. The van der Waals surface area contributed by atoms with Crippen LogP contribution >= 0.6 is 0 Å². The van der Waals surface area contributed by atoms with Gasteiger partial charge in [0.2, 0.25) is 10.0 Å². The third-order valence-corrected chi connectivity index (χ3v) is 4.25. The first kappa shape index (κ1) is 15.2. The molecule has 1 saturated heterocycles. The number of primary sulfonamides is 1. The van der Waals surface area contributed by atoms with Gasteiger partial charge < -0.3 is 10.1 Å². The van der Waals surface area contributed by atoms with Crippen LogP contribution in [-0.4, -0.2) is 57.2 Å². The normalized spacial score (nSPS) is 20.8. The Balaban J connectivity index is 1.94. The predicted octanol–water partition coefficient (Wildman–Crippen LogP) is -0.138. The molecule has 2 rings (SSSR count). The number of pyridine rings is 1. The van der Waals surface area contributed by atoms with Crippen molar-refractivity contribution < 1.29 is 13.2 Å². The summed E-state index contributed by atoms with van der Waals surface area (Å²) in [5, 5.41) is 8.27. The summed E-state index contributed by atoms with van der Waals surface area (Å²) in [5.74, 6) is 0. The van der Waals surface area contributed by atoms with Crippen LogP contribution in [0.2, 0.25) is 0 Å². The molecule has 1 unspecified atom stereocenters. The van der Waals surface area contributed by atoms with Gasteiger partial charge >= 0.3 is 0 Å². The van der Waals surface area contributed by atoms with E-state index in [4.69, 9.17) is 9.88 Å². The van der Waals surface area contributed by atoms with Crippen LogP contribution in [0.5, 0.6) is 0 Å². The van der Waals surface area contributed by atoms with E-state index in [2.05, 4.69) is 22.1 Å². The summed E-state index contributed by atoms with van der Waals surface area (Å²) in [7, 11) is -3.76. The maximum absolute atomic E-state index is 11.4. The molecule has 112 valence electrons. The van der Waals surface area contributed by atoms with E-state index < -0.39 is 10.0 Å². The summed E-state index contributed by atoms with van der Waals surface area (Å²) in [6.07, 6.45) is 2.80. The number of sulfonamides is 1. The van der Waals surface area contributed by atoms with Gasteiger partial charge in [0.25, 0.3) is 0 Å². The average Bonchev–Trinajstić information content (AvgIpc) is 2.40. The van der Waals surface area contributed by atoms with Crippen molar-refractivity contribution in [2.45, 2.75) is 17.9 Å². The van der Waals surface area contributed by atoms with Gasteiger partial charge in [0.15, 0.2) is 0 Å². The zero-order chi connectivity index (χ0) is 14.6. The maximum atomic E-state index is 11.4. The highest BCUT2D eigenvalue weighted by Crippen LogP contribution is 2.17. The highest BCUT2D eigenvalue weighted by molar-refractivity contribution is 7.89. The molecule has 0 aliphatic carbocycles. The predicted molar refractivity (Wildman–Crippen MR) is 76.0 cm³/mol. The van der Waals surface area contributed by atoms with Gasteiger partial charge in [-0.25, -0.2) is 13.6 Å². The number of morpholine rings is 1. The van der Waals surface area contributed by atoms with Crippen LogP contribution in [0.3, 0.4) is 0 Å². The van der Waals surface area contributed by atoms with E-state index in [0.29, 0.717) is 18.3 Å². The van der Waals surface area contributed by atoms with Crippen molar-refractivity contribution in [2.24, 2.45) is 5.14 Å². The maximum Gasteiger partial charge on any atom is 0.241 e. The Morgan fingerprint density at radius 2 is 2.40 bits per heavy atom. The molecule has 1 aromatic heterocycles. The molecule has 3 N–H and O–H groups in total. The lowest BCUT2D eigenvalue weighted by molar-refractivity contribution is 0.00181. The summed E-state index contributed by atoms with van der Waals surface area (Å²) in [5.41, 5.74) is 0.489. The molecule has 0 radical (unpaired) electrons. The van der Waals surface area contributed by atoms with Crippen molar-refractivity contribution in [1.29, 1.82) is 0 Å². The van der Waals surface area contributed by atoms with E-state index in [1.54, 1.807) is 6.07 Å². The van der Waals surface area contributed by atoms with E-state index in [1.165, 1.54) is 12.4 Å². The molecular formula is C12H20N4O3S. The molecule has 1 aromatic rings. The Hall–Kier alpha value is -1.22. The smallest absolute Gasteiger partial charge is 0.241 e. The summed E-state index contributed by atoms with van der Waals surface area (Å²) in [4.78, 5) is 6.12. The average molecular weight is 300 g/mol. The number of nitrogens with one attached hydrogen (secondary N) is 1. The van der Waals surface area contributed by atoms with Gasteiger partial charge in [0.05, 0.1) is 18.9 Å². The minimum absolute atomic E-state index is 0.0232. The topological polar surface area (TPSA) is 97.5 Å². The van der Waals surface area contributed by atoms with Crippen molar-refractivity contribution in [3.8, 4) is 0 Å². The first-order valence-corrected chi connectivity index (χ1v) is 8.05. The fourth-order valence-corrected chi connectivity index (χ4v) is 2.84. The fourth-order valence-electron chi connectivity index (χ4n) is 2.18. The lowest BCUT2D eigenvalue weighted by Gasteiger charge is -2.33. The number of nitrogens with two attached hydrogens (primary N) is 1. The van der Waals surface area contributed by atoms with Gasteiger partial charge in [0, 0.05) is 38.1 Å². The van der Waals surface area contributed by atoms with Crippen LogP contribution in [0.25, 0.3) is 0 Å². The SMILES string of the molecule is CC1COCCN1CCNc1ccncc1S(N)(=O)=O. The second-order valence-corrected chi connectivity index (χ2v) is 6.33. The number of ether oxygens (including phenoxy) is 1. The number of hydrogen-bond donors (Lipinski definition) is 2. The zero-order valence-electron chi connectivity index (χ0n) is 11.4. The van der Waals surface area contributed by atoms with Crippen LogP contribution in [0.4, 0.5) is 5.69 Å². The van der Waals surface area contributed by atoms with E-state index in [9.17, 15) is 8.42 Å². The third-order valence-electron chi connectivity index (χ3n) is 3.31. The van der Waals surface area contributed by atoms with E-state index in [0.717, 1.165) is 26.3 Å². The van der Waals surface area contributed by atoms with Gasteiger partial charge in [-0.1, -0.05) is 0 Å². The van der Waals surface area contributed by atoms with E-state index >= 15 is 0 Å². The van der Waals surface area contributed by atoms with Gasteiger partial charge in [0.1, 0.15) is 4.90 Å². The zero-order valence-corrected chi connectivity index (χ0v) is 12.3. The fraction of sp³-hybridized carbons (Fsp3) is 0.583.